The van der Waals surface area contributed by atoms with Crippen molar-refractivity contribution in [2.45, 2.75) is 25.3 Å². The smallest absolute Gasteiger partial charge is 0.338 e. The third-order valence-electron chi connectivity index (χ3n) is 4.86. The van der Waals surface area contributed by atoms with Crippen molar-refractivity contribution in [1.29, 1.82) is 0 Å². The molecule has 3 N–H and O–H groups in total. The van der Waals surface area contributed by atoms with E-state index in [1.807, 2.05) is 6.92 Å². The van der Waals surface area contributed by atoms with Gasteiger partial charge in [-0.1, -0.05) is 12.1 Å². The van der Waals surface area contributed by atoms with E-state index in [-0.39, 0.29) is 22.8 Å². The molecule has 1 heterocycles. The Bertz CT molecular complexity index is 1230. The highest BCUT2D eigenvalue weighted by Gasteiger charge is 2.19. The van der Waals surface area contributed by atoms with E-state index < -0.39 is 22.6 Å². The number of carbonyl (C=O) groups is 2. The predicted octanol–water partition coefficient (Wildman–Crippen LogP) is 2.27. The Morgan fingerprint density at radius 1 is 1.03 bits per heavy atom. The summed E-state index contributed by atoms with van der Waals surface area (Å²) in [5.74, 6) is -0.994. The van der Waals surface area contributed by atoms with Gasteiger partial charge in [0.2, 0.25) is 15.8 Å². The molecule has 0 saturated heterocycles. The Labute approximate surface area is 179 Å². The second-order valence-corrected chi connectivity index (χ2v) is 8.57. The normalized spacial score (nSPS) is 11.4. The lowest BCUT2D eigenvalue weighted by Gasteiger charge is -2.11. The lowest BCUT2D eigenvalue weighted by Crippen LogP contribution is -2.15. The molecular formula is C22H22N2O6S. The topological polar surface area (TPSA) is 129 Å². The summed E-state index contributed by atoms with van der Waals surface area (Å²) >= 11 is 0. The number of carbonyl (C=O) groups excluding carboxylic acids is 2. The zero-order chi connectivity index (χ0) is 22.8. The molecule has 0 atom stereocenters. The Morgan fingerprint density at radius 3 is 2.19 bits per heavy atom. The highest BCUT2D eigenvalue weighted by atomic mass is 32.2. The zero-order valence-corrected chi connectivity index (χ0v) is 17.8. The van der Waals surface area contributed by atoms with Crippen LogP contribution in [0.3, 0.4) is 0 Å². The zero-order valence-electron chi connectivity index (χ0n) is 17.0. The maximum atomic E-state index is 12.7. The first-order valence-electron chi connectivity index (χ1n) is 9.34. The van der Waals surface area contributed by atoms with Gasteiger partial charge in [-0.25, -0.2) is 18.4 Å². The van der Waals surface area contributed by atoms with Gasteiger partial charge < -0.3 is 14.4 Å². The number of ketones is 1. The fraction of sp³-hybridized carbons (Fsp3) is 0.182. The van der Waals surface area contributed by atoms with Gasteiger partial charge in [-0.15, -0.1) is 0 Å². The van der Waals surface area contributed by atoms with Gasteiger partial charge in [-0.2, -0.15) is 0 Å². The van der Waals surface area contributed by atoms with Crippen LogP contribution in [0.4, 0.5) is 0 Å². The molecule has 1 aromatic heterocycles. The molecule has 8 nitrogen and oxygen atoms in total. The average molecular weight is 442 g/mol. The molecule has 2 aromatic carbocycles. The minimum atomic E-state index is -3.80. The number of hydrogen-bond acceptors (Lipinski definition) is 6. The van der Waals surface area contributed by atoms with E-state index >= 15 is 0 Å². The van der Waals surface area contributed by atoms with Crippen molar-refractivity contribution < 1.29 is 27.9 Å². The third kappa shape index (κ3) is 4.91. The average Bonchev–Trinajstić information content (AvgIpc) is 3.05. The van der Waals surface area contributed by atoms with Crippen LogP contribution in [0, 0.1) is 13.8 Å². The monoisotopic (exact) mass is 442 g/mol. The van der Waals surface area contributed by atoms with E-state index in [1.165, 1.54) is 24.3 Å². The molecule has 0 aliphatic heterocycles. The second-order valence-electron chi connectivity index (χ2n) is 7.01. The molecule has 3 rings (SSSR count). The lowest BCUT2D eigenvalue weighted by atomic mass is 10.1. The summed E-state index contributed by atoms with van der Waals surface area (Å²) in [6, 6.07) is 13.9. The molecule has 0 spiro atoms. The van der Waals surface area contributed by atoms with E-state index in [0.29, 0.717) is 22.5 Å². The molecular weight excluding hydrogens is 420 g/mol. The molecule has 0 radical (unpaired) electrons. The van der Waals surface area contributed by atoms with E-state index in [9.17, 15) is 18.0 Å². The first kappa shape index (κ1) is 22.4. The van der Waals surface area contributed by atoms with Crippen LogP contribution in [-0.4, -0.2) is 36.5 Å². The van der Waals surface area contributed by atoms with Gasteiger partial charge in [-0.3, -0.25) is 4.79 Å². The highest BCUT2D eigenvalue weighted by Crippen LogP contribution is 2.22. The first-order chi connectivity index (χ1) is 14.6. The quantitative estimate of drug-likeness (QED) is 0.427. The summed E-state index contributed by atoms with van der Waals surface area (Å²) in [6.45, 7) is 3.01. The van der Waals surface area contributed by atoms with Crippen molar-refractivity contribution in [2.24, 2.45) is 5.14 Å². The van der Waals surface area contributed by atoms with Crippen LogP contribution >= 0.6 is 0 Å². The number of aliphatic hydroxyl groups excluding tert-OH is 1. The summed E-state index contributed by atoms with van der Waals surface area (Å²) in [4.78, 5) is 24.8. The number of benzene rings is 2. The molecule has 31 heavy (non-hydrogen) atoms. The van der Waals surface area contributed by atoms with E-state index in [4.69, 9.17) is 15.0 Å². The number of aromatic nitrogens is 1. The Balaban J connectivity index is 1.76. The summed E-state index contributed by atoms with van der Waals surface area (Å²) < 4.78 is 29.8. The number of nitrogens with two attached hydrogens (primary N) is 1. The van der Waals surface area contributed by atoms with Crippen LogP contribution in [0.25, 0.3) is 5.69 Å². The minimum Gasteiger partial charge on any atom is -0.454 e. The summed E-state index contributed by atoms with van der Waals surface area (Å²) in [5, 5.41) is 14.2. The number of ether oxygens (including phenoxy) is 1. The van der Waals surface area contributed by atoms with Crippen molar-refractivity contribution in [1.82, 2.24) is 4.57 Å². The van der Waals surface area contributed by atoms with Gasteiger partial charge >= 0.3 is 5.97 Å². The molecule has 0 saturated carbocycles. The molecule has 0 unspecified atom stereocenters. The van der Waals surface area contributed by atoms with Crippen molar-refractivity contribution in [3.05, 3.63) is 82.7 Å². The van der Waals surface area contributed by atoms with Crippen LogP contribution in [0.1, 0.15) is 37.7 Å². The minimum absolute atomic E-state index is 0.00561. The van der Waals surface area contributed by atoms with Gasteiger partial charge in [0, 0.05) is 22.6 Å². The molecule has 0 fully saturated rings. The van der Waals surface area contributed by atoms with E-state index in [0.717, 1.165) is 5.69 Å². The molecule has 3 aromatic rings. The van der Waals surface area contributed by atoms with Gasteiger partial charge in [0.05, 0.1) is 17.1 Å². The molecule has 0 amide bonds. The standard InChI is InChI=1S/C22H22N2O6S/c1-14-11-20(15(2)24(14)18-7-9-19(10-8-18)31(23,28)29)21(26)13-30-22(27)17-5-3-16(12-25)4-6-17/h3-11,25H,12-13H2,1-2H3,(H2,23,28,29). The maximum Gasteiger partial charge on any atom is 0.338 e. The van der Waals surface area contributed by atoms with Gasteiger partial charge in [0.25, 0.3) is 0 Å². The van der Waals surface area contributed by atoms with Crippen LogP contribution < -0.4 is 5.14 Å². The Kier molecular flexibility index (Phi) is 6.40. The second kappa shape index (κ2) is 8.84. The number of Topliss-reactive ketones (excluding diaryl/α,β-unsaturated/α-hetero) is 1. The largest absolute Gasteiger partial charge is 0.454 e. The number of primary sulfonamides is 1. The summed E-state index contributed by atoms with van der Waals surface area (Å²) in [7, 11) is -3.80. The first-order valence-corrected chi connectivity index (χ1v) is 10.9. The third-order valence-corrected chi connectivity index (χ3v) is 5.79. The van der Waals surface area contributed by atoms with Crippen molar-refractivity contribution >= 4 is 21.8 Å². The Morgan fingerprint density at radius 2 is 1.65 bits per heavy atom. The molecule has 0 aliphatic carbocycles. The van der Waals surface area contributed by atoms with Crippen LogP contribution in [0.5, 0.6) is 0 Å². The summed E-state index contributed by atoms with van der Waals surface area (Å²) in [5.41, 5.74) is 3.41. The van der Waals surface area contributed by atoms with Crippen LogP contribution in [0.15, 0.2) is 59.5 Å². The molecule has 0 aliphatic rings. The number of esters is 1. The number of aliphatic hydroxyl groups is 1. The van der Waals surface area contributed by atoms with E-state index in [2.05, 4.69) is 0 Å². The predicted molar refractivity (Wildman–Crippen MR) is 114 cm³/mol. The van der Waals surface area contributed by atoms with E-state index in [1.54, 1.807) is 41.8 Å². The molecule has 162 valence electrons. The van der Waals surface area contributed by atoms with Crippen molar-refractivity contribution in [3.8, 4) is 5.69 Å². The highest BCUT2D eigenvalue weighted by molar-refractivity contribution is 7.89. The summed E-state index contributed by atoms with van der Waals surface area (Å²) in [6.07, 6.45) is 0. The van der Waals surface area contributed by atoms with Crippen molar-refractivity contribution in [2.75, 3.05) is 6.61 Å². The number of rotatable bonds is 7. The number of sulfonamides is 1. The molecule has 9 heteroatoms. The SMILES string of the molecule is Cc1cc(C(=O)COC(=O)c2ccc(CO)cc2)c(C)n1-c1ccc(S(N)(=O)=O)cc1. The Hall–Kier alpha value is -3.27. The van der Waals surface area contributed by atoms with Crippen molar-refractivity contribution in [3.63, 3.8) is 0 Å². The van der Waals surface area contributed by atoms with Crippen LogP contribution in [-0.2, 0) is 21.4 Å². The number of nitrogens with zero attached hydrogens (tertiary/aromatic N) is 1. The lowest BCUT2D eigenvalue weighted by molar-refractivity contribution is 0.0474. The van der Waals surface area contributed by atoms with Crippen LogP contribution in [0.2, 0.25) is 0 Å². The fourth-order valence-corrected chi connectivity index (χ4v) is 3.78. The molecule has 0 bridgehead atoms. The van der Waals surface area contributed by atoms with Gasteiger partial charge in [0.15, 0.2) is 6.61 Å². The maximum absolute atomic E-state index is 12.7. The van der Waals surface area contributed by atoms with Gasteiger partial charge in [0.1, 0.15) is 0 Å². The van der Waals surface area contributed by atoms with Gasteiger partial charge in [-0.05, 0) is 61.9 Å². The number of aryl methyl sites for hydroxylation is 1. The fourth-order valence-electron chi connectivity index (χ4n) is 3.27. The number of hydrogen-bond donors (Lipinski definition) is 2.